The minimum absolute atomic E-state index is 0.116. The molecule has 1 aromatic heterocycles. The van der Waals surface area contributed by atoms with Gasteiger partial charge in [0.25, 0.3) is 5.91 Å². The largest absolute Gasteiger partial charge is 0.495 e. The molecule has 1 aliphatic carbocycles. The molecule has 0 radical (unpaired) electrons. The normalized spacial score (nSPS) is 13.9. The van der Waals surface area contributed by atoms with E-state index in [9.17, 15) is 9.59 Å². The fourth-order valence-corrected chi connectivity index (χ4v) is 4.16. The number of carbonyl (C=O) groups excluding carboxylic acids is 2. The Morgan fingerprint density at radius 1 is 1.09 bits per heavy atom. The molecule has 2 amide bonds. The van der Waals surface area contributed by atoms with Crippen LogP contribution in [0.3, 0.4) is 0 Å². The fraction of sp³-hybridized carbons (Fsp3) is 0.400. The Morgan fingerprint density at radius 2 is 1.82 bits per heavy atom. The van der Waals surface area contributed by atoms with Gasteiger partial charge in [-0.15, -0.1) is 10.2 Å². The van der Waals surface area contributed by atoms with Crippen LogP contribution in [0.5, 0.6) is 5.75 Å². The van der Waals surface area contributed by atoms with Crippen molar-refractivity contribution in [2.75, 3.05) is 18.6 Å². The standard InChI is InChI=1S/C25H30N6O3/c1-18-12-14-19(15-13-18)25-27-29-31(28-25)17-24(33)30(21-10-6-7-11-22(21)34-2)16-23(32)26-20-8-4-3-5-9-20/h6-7,10-15,20H,3-5,8-9,16-17H2,1-2H3,(H,26,32). The van der Waals surface area contributed by atoms with Crippen LogP contribution in [-0.2, 0) is 16.1 Å². The Bertz CT molecular complexity index is 1120. The highest BCUT2D eigenvalue weighted by Crippen LogP contribution is 2.28. The van der Waals surface area contributed by atoms with Gasteiger partial charge in [0, 0.05) is 11.6 Å². The minimum Gasteiger partial charge on any atom is -0.495 e. The molecule has 0 saturated heterocycles. The molecule has 1 heterocycles. The summed E-state index contributed by atoms with van der Waals surface area (Å²) in [5.74, 6) is 0.411. The van der Waals surface area contributed by atoms with Gasteiger partial charge in [-0.1, -0.05) is 61.2 Å². The summed E-state index contributed by atoms with van der Waals surface area (Å²) in [5.41, 5.74) is 2.47. The Morgan fingerprint density at radius 3 is 2.56 bits per heavy atom. The van der Waals surface area contributed by atoms with Gasteiger partial charge in [0.2, 0.25) is 11.7 Å². The number of hydrogen-bond donors (Lipinski definition) is 1. The molecule has 0 aliphatic heterocycles. The number of benzene rings is 2. The van der Waals surface area contributed by atoms with Gasteiger partial charge in [-0.25, -0.2) is 0 Å². The zero-order valence-corrected chi connectivity index (χ0v) is 19.6. The predicted molar refractivity (Wildman–Crippen MR) is 128 cm³/mol. The number of tetrazole rings is 1. The summed E-state index contributed by atoms with van der Waals surface area (Å²) in [6.07, 6.45) is 5.37. The lowest BCUT2D eigenvalue weighted by molar-refractivity contribution is -0.124. The molecular weight excluding hydrogens is 432 g/mol. The van der Waals surface area contributed by atoms with E-state index in [1.807, 2.05) is 37.3 Å². The lowest BCUT2D eigenvalue weighted by Crippen LogP contribution is -2.46. The van der Waals surface area contributed by atoms with Crippen molar-refractivity contribution >= 4 is 17.5 Å². The fourth-order valence-electron chi connectivity index (χ4n) is 4.16. The number of methoxy groups -OCH3 is 1. The maximum absolute atomic E-state index is 13.4. The first-order valence-corrected chi connectivity index (χ1v) is 11.6. The van der Waals surface area contributed by atoms with Crippen LogP contribution in [0.2, 0.25) is 0 Å². The minimum atomic E-state index is -0.337. The highest BCUT2D eigenvalue weighted by Gasteiger charge is 2.25. The molecule has 0 atom stereocenters. The van der Waals surface area contributed by atoms with Crippen molar-refractivity contribution in [2.24, 2.45) is 0 Å². The van der Waals surface area contributed by atoms with Crippen molar-refractivity contribution in [2.45, 2.75) is 51.6 Å². The average Bonchev–Trinajstić information content (AvgIpc) is 3.32. The van der Waals surface area contributed by atoms with Crippen LogP contribution in [0.15, 0.2) is 48.5 Å². The summed E-state index contributed by atoms with van der Waals surface area (Å²) in [4.78, 5) is 28.9. The van der Waals surface area contributed by atoms with E-state index in [0.717, 1.165) is 36.8 Å². The molecule has 1 aliphatic rings. The van der Waals surface area contributed by atoms with Crippen LogP contribution in [0.4, 0.5) is 5.69 Å². The summed E-state index contributed by atoms with van der Waals surface area (Å²) < 4.78 is 5.45. The van der Waals surface area contributed by atoms with Gasteiger partial charge in [0.15, 0.2) is 0 Å². The smallest absolute Gasteiger partial charge is 0.251 e. The monoisotopic (exact) mass is 462 g/mol. The first-order valence-electron chi connectivity index (χ1n) is 11.6. The second-order valence-electron chi connectivity index (χ2n) is 8.56. The number of anilines is 1. The first kappa shape index (κ1) is 23.4. The molecule has 3 aromatic rings. The predicted octanol–water partition coefficient (Wildman–Crippen LogP) is 3.14. The number of ether oxygens (including phenoxy) is 1. The number of amides is 2. The second-order valence-corrected chi connectivity index (χ2v) is 8.56. The van der Waals surface area contributed by atoms with Gasteiger partial charge < -0.3 is 10.1 Å². The number of hydrogen-bond acceptors (Lipinski definition) is 6. The van der Waals surface area contributed by atoms with Crippen LogP contribution in [0.25, 0.3) is 11.4 Å². The van der Waals surface area contributed by atoms with Crippen molar-refractivity contribution in [1.82, 2.24) is 25.5 Å². The number of aryl methyl sites for hydroxylation is 1. The molecule has 9 heteroatoms. The molecule has 1 fully saturated rings. The van der Waals surface area contributed by atoms with E-state index < -0.39 is 0 Å². The third-order valence-corrected chi connectivity index (χ3v) is 5.99. The van der Waals surface area contributed by atoms with E-state index in [1.165, 1.54) is 23.2 Å². The van der Waals surface area contributed by atoms with Crippen LogP contribution >= 0.6 is 0 Å². The van der Waals surface area contributed by atoms with E-state index in [4.69, 9.17) is 4.74 Å². The van der Waals surface area contributed by atoms with E-state index in [1.54, 1.807) is 18.2 Å². The van der Waals surface area contributed by atoms with Crippen molar-refractivity contribution in [1.29, 1.82) is 0 Å². The number of para-hydroxylation sites is 2. The van der Waals surface area contributed by atoms with Crippen molar-refractivity contribution in [3.05, 3.63) is 54.1 Å². The molecule has 4 rings (SSSR count). The van der Waals surface area contributed by atoms with E-state index in [2.05, 4.69) is 20.7 Å². The average molecular weight is 463 g/mol. The molecule has 1 saturated carbocycles. The van der Waals surface area contributed by atoms with Gasteiger partial charge in [-0.3, -0.25) is 14.5 Å². The van der Waals surface area contributed by atoms with Crippen LogP contribution in [-0.4, -0.2) is 51.7 Å². The summed E-state index contributed by atoms with van der Waals surface area (Å²) in [6.45, 7) is 1.73. The van der Waals surface area contributed by atoms with Gasteiger partial charge in [-0.2, -0.15) is 4.80 Å². The van der Waals surface area contributed by atoms with E-state index in [0.29, 0.717) is 17.3 Å². The maximum Gasteiger partial charge on any atom is 0.251 e. The highest BCUT2D eigenvalue weighted by molar-refractivity contribution is 5.99. The molecule has 2 aromatic carbocycles. The van der Waals surface area contributed by atoms with Crippen molar-refractivity contribution in [3.63, 3.8) is 0 Å². The number of nitrogens with one attached hydrogen (secondary N) is 1. The second kappa shape index (κ2) is 10.9. The third kappa shape index (κ3) is 5.78. The molecule has 1 N–H and O–H groups in total. The number of carbonyl (C=O) groups is 2. The Hall–Kier alpha value is -3.75. The zero-order chi connectivity index (χ0) is 23.9. The topological polar surface area (TPSA) is 102 Å². The lowest BCUT2D eigenvalue weighted by Gasteiger charge is -2.27. The van der Waals surface area contributed by atoms with Crippen LogP contribution in [0.1, 0.15) is 37.7 Å². The Balaban J connectivity index is 1.51. The first-order chi connectivity index (χ1) is 16.5. The Labute approximate surface area is 199 Å². The lowest BCUT2D eigenvalue weighted by atomic mass is 9.95. The third-order valence-electron chi connectivity index (χ3n) is 5.99. The molecule has 178 valence electrons. The van der Waals surface area contributed by atoms with Crippen LogP contribution in [0, 0.1) is 6.92 Å². The molecular formula is C25H30N6O3. The SMILES string of the molecule is COc1ccccc1N(CC(=O)NC1CCCCC1)C(=O)Cn1nnc(-c2ccc(C)cc2)n1. The molecule has 34 heavy (non-hydrogen) atoms. The summed E-state index contributed by atoms with van der Waals surface area (Å²) in [5, 5.41) is 15.6. The van der Waals surface area contributed by atoms with Gasteiger partial charge in [-0.05, 0) is 37.1 Å². The quantitative estimate of drug-likeness (QED) is 0.552. The zero-order valence-electron chi connectivity index (χ0n) is 19.6. The number of nitrogens with zero attached hydrogens (tertiary/aromatic N) is 5. The Kier molecular flexibility index (Phi) is 7.51. The summed E-state index contributed by atoms with van der Waals surface area (Å²) >= 11 is 0. The van der Waals surface area contributed by atoms with E-state index >= 15 is 0 Å². The maximum atomic E-state index is 13.4. The summed E-state index contributed by atoms with van der Waals surface area (Å²) in [6, 6.07) is 15.1. The molecule has 0 unspecified atom stereocenters. The van der Waals surface area contributed by atoms with E-state index in [-0.39, 0.29) is 30.9 Å². The number of aromatic nitrogens is 4. The molecule has 0 spiro atoms. The molecule has 9 nitrogen and oxygen atoms in total. The van der Waals surface area contributed by atoms with Crippen LogP contribution < -0.4 is 15.0 Å². The van der Waals surface area contributed by atoms with Crippen molar-refractivity contribution < 1.29 is 14.3 Å². The van der Waals surface area contributed by atoms with Gasteiger partial charge in [0.05, 0.1) is 12.8 Å². The summed E-state index contributed by atoms with van der Waals surface area (Å²) in [7, 11) is 1.54. The highest BCUT2D eigenvalue weighted by atomic mass is 16.5. The number of rotatable bonds is 8. The molecule has 0 bridgehead atoms. The van der Waals surface area contributed by atoms with Gasteiger partial charge >= 0.3 is 0 Å². The van der Waals surface area contributed by atoms with Gasteiger partial charge in [0.1, 0.15) is 18.8 Å². The van der Waals surface area contributed by atoms with Crippen molar-refractivity contribution in [3.8, 4) is 17.1 Å².